The van der Waals surface area contributed by atoms with E-state index in [1.807, 2.05) is 31.2 Å². The SMILES string of the molecule is Cc1nc(C(=O)Nc2ccc(Cn3cncn3)cc2)c(-c2ccc(F)cc2)s1. The number of aryl methyl sites for hydroxylation is 1. The van der Waals surface area contributed by atoms with Crippen molar-refractivity contribution in [3.05, 3.63) is 83.3 Å². The Bertz CT molecular complexity index is 1090. The molecule has 6 nitrogen and oxygen atoms in total. The van der Waals surface area contributed by atoms with Gasteiger partial charge in [-0.3, -0.25) is 4.79 Å². The monoisotopic (exact) mass is 393 g/mol. The summed E-state index contributed by atoms with van der Waals surface area (Å²) in [6.45, 7) is 2.45. The Balaban J connectivity index is 1.51. The van der Waals surface area contributed by atoms with E-state index in [-0.39, 0.29) is 11.7 Å². The third-order valence-electron chi connectivity index (χ3n) is 4.08. The van der Waals surface area contributed by atoms with Crippen molar-refractivity contribution in [2.75, 3.05) is 5.32 Å². The second-order valence-corrected chi connectivity index (χ2v) is 7.36. The molecule has 0 fully saturated rings. The molecule has 0 spiro atoms. The summed E-state index contributed by atoms with van der Waals surface area (Å²) in [5.74, 6) is -0.616. The Morgan fingerprint density at radius 2 is 1.89 bits per heavy atom. The molecular formula is C20H16FN5OS. The zero-order valence-electron chi connectivity index (χ0n) is 15.0. The van der Waals surface area contributed by atoms with E-state index >= 15 is 0 Å². The first kappa shape index (κ1) is 18.0. The van der Waals surface area contributed by atoms with Gasteiger partial charge in [-0.2, -0.15) is 5.10 Å². The third-order valence-corrected chi connectivity index (χ3v) is 5.10. The fraction of sp³-hybridized carbons (Fsp3) is 0.100. The first-order valence-electron chi connectivity index (χ1n) is 8.54. The highest BCUT2D eigenvalue weighted by Gasteiger charge is 2.18. The number of halogens is 1. The van der Waals surface area contributed by atoms with Gasteiger partial charge in [0.05, 0.1) is 16.4 Å². The highest BCUT2D eigenvalue weighted by molar-refractivity contribution is 7.15. The van der Waals surface area contributed by atoms with Crippen LogP contribution in [0.1, 0.15) is 21.1 Å². The maximum atomic E-state index is 13.2. The van der Waals surface area contributed by atoms with Crippen LogP contribution in [-0.2, 0) is 6.54 Å². The lowest BCUT2D eigenvalue weighted by Gasteiger charge is -2.07. The molecule has 0 bridgehead atoms. The number of anilines is 1. The molecule has 0 radical (unpaired) electrons. The van der Waals surface area contributed by atoms with Crippen molar-refractivity contribution in [1.29, 1.82) is 0 Å². The lowest BCUT2D eigenvalue weighted by molar-refractivity contribution is 0.102. The normalized spacial score (nSPS) is 10.8. The van der Waals surface area contributed by atoms with Crippen molar-refractivity contribution in [3.8, 4) is 10.4 Å². The topological polar surface area (TPSA) is 72.7 Å². The molecule has 0 unspecified atom stereocenters. The Morgan fingerprint density at radius 1 is 1.14 bits per heavy atom. The van der Waals surface area contributed by atoms with Gasteiger partial charge in [-0.1, -0.05) is 24.3 Å². The molecule has 140 valence electrons. The van der Waals surface area contributed by atoms with E-state index in [9.17, 15) is 9.18 Å². The highest BCUT2D eigenvalue weighted by atomic mass is 32.1. The van der Waals surface area contributed by atoms with Crippen LogP contribution < -0.4 is 5.32 Å². The summed E-state index contributed by atoms with van der Waals surface area (Å²) in [4.78, 5) is 21.8. The highest BCUT2D eigenvalue weighted by Crippen LogP contribution is 2.31. The minimum atomic E-state index is -0.318. The van der Waals surface area contributed by atoms with Gasteiger partial charge in [0.25, 0.3) is 5.91 Å². The molecule has 2 aromatic carbocycles. The predicted molar refractivity (Wildman–Crippen MR) is 106 cm³/mol. The number of rotatable bonds is 5. The molecule has 0 saturated carbocycles. The Labute approximate surface area is 164 Å². The Morgan fingerprint density at radius 3 is 2.57 bits per heavy atom. The fourth-order valence-electron chi connectivity index (χ4n) is 2.76. The van der Waals surface area contributed by atoms with Gasteiger partial charge in [0.1, 0.15) is 24.2 Å². The molecule has 0 aliphatic carbocycles. The number of carbonyl (C=O) groups is 1. The molecule has 0 aliphatic rings. The number of aromatic nitrogens is 4. The number of benzene rings is 2. The van der Waals surface area contributed by atoms with E-state index in [4.69, 9.17) is 0 Å². The van der Waals surface area contributed by atoms with Crippen LogP contribution in [0.15, 0.2) is 61.2 Å². The van der Waals surface area contributed by atoms with Crippen LogP contribution in [0.3, 0.4) is 0 Å². The van der Waals surface area contributed by atoms with E-state index in [2.05, 4.69) is 20.4 Å². The quantitative estimate of drug-likeness (QED) is 0.553. The van der Waals surface area contributed by atoms with Crippen molar-refractivity contribution >= 4 is 22.9 Å². The number of nitrogens with one attached hydrogen (secondary N) is 1. The summed E-state index contributed by atoms with van der Waals surface area (Å²) >= 11 is 1.41. The zero-order valence-corrected chi connectivity index (χ0v) is 15.8. The van der Waals surface area contributed by atoms with E-state index in [0.717, 1.165) is 21.0 Å². The van der Waals surface area contributed by atoms with Gasteiger partial charge in [-0.05, 0) is 42.3 Å². The lowest BCUT2D eigenvalue weighted by Crippen LogP contribution is -2.13. The van der Waals surface area contributed by atoms with E-state index in [1.54, 1.807) is 23.1 Å². The van der Waals surface area contributed by atoms with Crippen LogP contribution in [0.4, 0.5) is 10.1 Å². The lowest BCUT2D eigenvalue weighted by atomic mass is 10.1. The molecule has 1 N–H and O–H groups in total. The minimum absolute atomic E-state index is 0.298. The van der Waals surface area contributed by atoms with Crippen molar-refractivity contribution < 1.29 is 9.18 Å². The second kappa shape index (κ2) is 7.69. The van der Waals surface area contributed by atoms with E-state index < -0.39 is 0 Å². The fourth-order valence-corrected chi connectivity index (χ4v) is 3.68. The van der Waals surface area contributed by atoms with Gasteiger partial charge in [0.2, 0.25) is 0 Å². The molecule has 0 saturated heterocycles. The smallest absolute Gasteiger partial charge is 0.275 e. The molecule has 0 aliphatic heterocycles. The number of amides is 1. The molecular weight excluding hydrogens is 377 g/mol. The Kier molecular flexibility index (Phi) is 4.94. The molecule has 1 amide bonds. The van der Waals surface area contributed by atoms with Crippen LogP contribution in [0.5, 0.6) is 0 Å². The molecule has 2 heterocycles. The van der Waals surface area contributed by atoms with Gasteiger partial charge < -0.3 is 5.32 Å². The van der Waals surface area contributed by atoms with Gasteiger partial charge in [0, 0.05) is 5.69 Å². The standard InChI is InChI=1S/C20H16FN5OS/c1-13-24-18(19(28-13)15-4-6-16(21)7-5-15)20(27)25-17-8-2-14(3-9-17)10-26-12-22-11-23-26/h2-9,11-12H,10H2,1H3,(H,25,27). The average Bonchev–Trinajstić information content (AvgIpc) is 3.33. The van der Waals surface area contributed by atoms with Crippen molar-refractivity contribution in [3.63, 3.8) is 0 Å². The summed E-state index contributed by atoms with van der Waals surface area (Å²) in [6.07, 6.45) is 3.14. The summed E-state index contributed by atoms with van der Waals surface area (Å²) in [6, 6.07) is 13.6. The number of nitrogens with zero attached hydrogens (tertiary/aromatic N) is 4. The molecule has 4 aromatic rings. The summed E-state index contributed by atoms with van der Waals surface area (Å²) in [7, 11) is 0. The predicted octanol–water partition coefficient (Wildman–Crippen LogP) is 4.15. The summed E-state index contributed by atoms with van der Waals surface area (Å²) in [5, 5.41) is 7.72. The molecule has 28 heavy (non-hydrogen) atoms. The van der Waals surface area contributed by atoms with Gasteiger partial charge in [-0.15, -0.1) is 11.3 Å². The van der Waals surface area contributed by atoms with Crippen LogP contribution in [0.25, 0.3) is 10.4 Å². The summed E-state index contributed by atoms with van der Waals surface area (Å²) < 4.78 is 14.9. The van der Waals surface area contributed by atoms with Gasteiger partial charge in [-0.25, -0.2) is 19.0 Å². The second-order valence-electron chi connectivity index (χ2n) is 6.16. The van der Waals surface area contributed by atoms with E-state index in [0.29, 0.717) is 17.9 Å². The first-order chi connectivity index (χ1) is 13.6. The van der Waals surface area contributed by atoms with Crippen molar-refractivity contribution in [2.45, 2.75) is 13.5 Å². The van der Waals surface area contributed by atoms with Crippen LogP contribution in [-0.4, -0.2) is 25.7 Å². The van der Waals surface area contributed by atoms with Gasteiger partial charge in [0.15, 0.2) is 0 Å². The zero-order chi connectivity index (χ0) is 19.5. The number of carbonyl (C=O) groups excluding carboxylic acids is 1. The third kappa shape index (κ3) is 3.96. The molecule has 2 aromatic heterocycles. The molecule has 0 atom stereocenters. The maximum Gasteiger partial charge on any atom is 0.275 e. The van der Waals surface area contributed by atoms with Crippen LogP contribution in [0, 0.1) is 12.7 Å². The molecule has 8 heteroatoms. The largest absolute Gasteiger partial charge is 0.321 e. The number of thiazole rings is 1. The van der Waals surface area contributed by atoms with E-state index in [1.165, 1.54) is 29.8 Å². The van der Waals surface area contributed by atoms with Crippen molar-refractivity contribution in [1.82, 2.24) is 19.7 Å². The van der Waals surface area contributed by atoms with Crippen LogP contribution in [0.2, 0.25) is 0 Å². The van der Waals surface area contributed by atoms with Gasteiger partial charge >= 0.3 is 0 Å². The maximum absolute atomic E-state index is 13.2. The molecule has 4 rings (SSSR count). The summed E-state index contributed by atoms with van der Waals surface area (Å²) in [5.41, 5.74) is 2.81. The minimum Gasteiger partial charge on any atom is -0.321 e. The van der Waals surface area contributed by atoms with Crippen LogP contribution >= 0.6 is 11.3 Å². The van der Waals surface area contributed by atoms with Crippen molar-refractivity contribution in [2.24, 2.45) is 0 Å². The first-order valence-corrected chi connectivity index (χ1v) is 9.36. The number of hydrogen-bond donors (Lipinski definition) is 1. The number of hydrogen-bond acceptors (Lipinski definition) is 5. The Hall–Kier alpha value is -3.39. The average molecular weight is 393 g/mol.